The molecule has 0 radical (unpaired) electrons. The van der Waals surface area contributed by atoms with Crippen molar-refractivity contribution < 1.29 is 14.6 Å². The summed E-state index contributed by atoms with van der Waals surface area (Å²) in [5.41, 5.74) is 0.391. The van der Waals surface area contributed by atoms with Crippen LogP contribution in [0.4, 0.5) is 0 Å². The highest BCUT2D eigenvalue weighted by Crippen LogP contribution is 2.32. The molecule has 0 atom stereocenters. The van der Waals surface area contributed by atoms with Crippen LogP contribution in [-0.2, 0) is 5.60 Å². The molecule has 2 aromatic rings. The lowest BCUT2D eigenvalue weighted by molar-refractivity contribution is -0.0244. The van der Waals surface area contributed by atoms with Gasteiger partial charge in [0.25, 0.3) is 5.91 Å². The maximum atomic E-state index is 12.7. The first-order chi connectivity index (χ1) is 12.6. The molecule has 136 valence electrons. The van der Waals surface area contributed by atoms with Gasteiger partial charge in [0, 0.05) is 36.4 Å². The summed E-state index contributed by atoms with van der Waals surface area (Å²) in [7, 11) is 0. The van der Waals surface area contributed by atoms with Gasteiger partial charge in [0.1, 0.15) is 17.5 Å². The zero-order valence-electron chi connectivity index (χ0n) is 14.5. The number of carbonyl (C=O) groups is 1. The number of hydrogen-bond acceptors (Lipinski definition) is 5. The van der Waals surface area contributed by atoms with Gasteiger partial charge in [-0.3, -0.25) is 9.78 Å². The summed E-state index contributed by atoms with van der Waals surface area (Å²) in [5.74, 6) is 2.88. The third-order valence-electron chi connectivity index (χ3n) is 5.03. The Morgan fingerprint density at radius 2 is 1.88 bits per heavy atom. The van der Waals surface area contributed by atoms with Gasteiger partial charge >= 0.3 is 0 Å². The number of pyridine rings is 1. The topological polar surface area (TPSA) is 62.7 Å². The van der Waals surface area contributed by atoms with Crippen molar-refractivity contribution in [3.05, 3.63) is 59.9 Å². The zero-order chi connectivity index (χ0) is 18.0. The predicted molar refractivity (Wildman–Crippen MR) is 101 cm³/mol. The highest BCUT2D eigenvalue weighted by Gasteiger charge is 2.36. The molecule has 1 aromatic heterocycles. The number of hydrogen-bond donors (Lipinski definition) is 1. The number of carbonyl (C=O) groups excluding carboxylic acids is 1. The van der Waals surface area contributed by atoms with Crippen LogP contribution in [0.25, 0.3) is 0 Å². The van der Waals surface area contributed by atoms with E-state index in [9.17, 15) is 9.90 Å². The lowest BCUT2D eigenvalue weighted by atomic mass is 9.87. The minimum atomic E-state index is -0.948. The minimum Gasteiger partial charge on any atom is -0.489 e. The molecule has 0 saturated carbocycles. The van der Waals surface area contributed by atoms with Gasteiger partial charge in [0.05, 0.1) is 5.69 Å². The molecule has 6 heteroatoms. The van der Waals surface area contributed by atoms with E-state index in [2.05, 4.69) is 4.98 Å². The van der Waals surface area contributed by atoms with E-state index in [1.165, 1.54) is 0 Å². The summed E-state index contributed by atoms with van der Waals surface area (Å²) in [6, 6.07) is 12.9. The first kappa shape index (κ1) is 17.4. The second-order valence-corrected chi connectivity index (χ2v) is 7.92. The monoisotopic (exact) mass is 370 g/mol. The Morgan fingerprint density at radius 1 is 1.15 bits per heavy atom. The van der Waals surface area contributed by atoms with Crippen LogP contribution < -0.4 is 4.74 Å². The number of rotatable bonds is 4. The second kappa shape index (κ2) is 7.29. The number of aromatic nitrogens is 1. The van der Waals surface area contributed by atoms with E-state index in [1.54, 1.807) is 11.1 Å². The molecule has 1 amide bonds. The molecule has 1 N–H and O–H groups in total. The van der Waals surface area contributed by atoms with Gasteiger partial charge in [-0.2, -0.15) is 11.8 Å². The van der Waals surface area contributed by atoms with Crippen LogP contribution in [0.15, 0.2) is 48.7 Å². The maximum Gasteiger partial charge on any atom is 0.253 e. The zero-order valence-corrected chi connectivity index (χ0v) is 15.3. The molecule has 26 heavy (non-hydrogen) atoms. The summed E-state index contributed by atoms with van der Waals surface area (Å²) in [4.78, 5) is 18.8. The minimum absolute atomic E-state index is 0.00109. The van der Waals surface area contributed by atoms with Crippen LogP contribution in [0.5, 0.6) is 5.75 Å². The quantitative estimate of drug-likeness (QED) is 0.897. The number of ether oxygens (including phenoxy) is 1. The lowest BCUT2D eigenvalue weighted by Crippen LogP contribution is -2.45. The number of amides is 1. The Morgan fingerprint density at radius 3 is 2.46 bits per heavy atom. The molecule has 0 unspecified atom stereocenters. The average molecular weight is 370 g/mol. The highest BCUT2D eigenvalue weighted by molar-refractivity contribution is 8.00. The Bertz CT molecular complexity index is 754. The summed E-state index contributed by atoms with van der Waals surface area (Å²) in [6.45, 7) is 1.03. The van der Waals surface area contributed by atoms with Crippen molar-refractivity contribution in [2.75, 3.05) is 24.6 Å². The summed E-state index contributed by atoms with van der Waals surface area (Å²) >= 11 is 1.88. The number of aliphatic hydroxyl groups is 1. The van der Waals surface area contributed by atoms with Crippen molar-refractivity contribution in [2.45, 2.75) is 24.5 Å². The van der Waals surface area contributed by atoms with E-state index < -0.39 is 5.60 Å². The first-order valence-corrected chi connectivity index (χ1v) is 10.1. The standard InChI is InChI=1S/C20H22N2O3S/c23-19(15-4-6-16(7-5-15)25-17-13-26-14-17)22-11-8-20(24,9-12-22)18-3-1-2-10-21-18/h1-7,10,17,24H,8-9,11-14H2. The van der Waals surface area contributed by atoms with Crippen molar-refractivity contribution in [1.29, 1.82) is 0 Å². The van der Waals surface area contributed by atoms with Crippen LogP contribution in [0.2, 0.25) is 0 Å². The van der Waals surface area contributed by atoms with Gasteiger partial charge in [-0.05, 0) is 49.2 Å². The summed E-state index contributed by atoms with van der Waals surface area (Å²) < 4.78 is 5.82. The number of likely N-dealkylation sites (tertiary alicyclic amines) is 1. The van der Waals surface area contributed by atoms with Gasteiger partial charge in [-0.25, -0.2) is 0 Å². The van der Waals surface area contributed by atoms with E-state index in [0.717, 1.165) is 17.3 Å². The molecule has 3 heterocycles. The Labute approximate surface area is 157 Å². The highest BCUT2D eigenvalue weighted by atomic mass is 32.2. The van der Waals surface area contributed by atoms with Crippen molar-refractivity contribution in [3.63, 3.8) is 0 Å². The van der Waals surface area contributed by atoms with Crippen LogP contribution >= 0.6 is 11.8 Å². The molecular formula is C20H22N2O3S. The van der Waals surface area contributed by atoms with Gasteiger partial charge < -0.3 is 14.7 Å². The molecule has 1 aromatic carbocycles. The van der Waals surface area contributed by atoms with Gasteiger partial charge in [-0.1, -0.05) is 6.07 Å². The molecule has 0 spiro atoms. The van der Waals surface area contributed by atoms with Crippen molar-refractivity contribution in [3.8, 4) is 5.75 Å². The number of thioether (sulfide) groups is 1. The van der Waals surface area contributed by atoms with E-state index in [1.807, 2.05) is 54.2 Å². The molecular weight excluding hydrogens is 348 g/mol. The first-order valence-electron chi connectivity index (χ1n) is 8.92. The van der Waals surface area contributed by atoms with Crippen molar-refractivity contribution in [1.82, 2.24) is 9.88 Å². The van der Waals surface area contributed by atoms with Crippen LogP contribution in [0.3, 0.4) is 0 Å². The third kappa shape index (κ3) is 3.57. The number of nitrogens with zero attached hydrogens (tertiary/aromatic N) is 2. The Balaban J connectivity index is 1.37. The van der Waals surface area contributed by atoms with Crippen LogP contribution in [-0.4, -0.2) is 51.6 Å². The van der Waals surface area contributed by atoms with Gasteiger partial charge in [0.15, 0.2) is 0 Å². The molecule has 2 saturated heterocycles. The summed E-state index contributed by atoms with van der Waals surface area (Å²) in [6.07, 6.45) is 2.98. The SMILES string of the molecule is O=C(c1ccc(OC2CSC2)cc1)N1CCC(O)(c2ccccn2)CC1. The fourth-order valence-electron chi connectivity index (χ4n) is 3.31. The van der Waals surface area contributed by atoms with Crippen molar-refractivity contribution >= 4 is 17.7 Å². The maximum absolute atomic E-state index is 12.7. The summed E-state index contributed by atoms with van der Waals surface area (Å²) in [5, 5.41) is 10.8. The van der Waals surface area contributed by atoms with E-state index in [4.69, 9.17) is 4.74 Å². The smallest absolute Gasteiger partial charge is 0.253 e. The molecule has 2 aliphatic heterocycles. The van der Waals surface area contributed by atoms with Crippen molar-refractivity contribution in [2.24, 2.45) is 0 Å². The normalized spacial score (nSPS) is 19.7. The van der Waals surface area contributed by atoms with Crippen LogP contribution in [0.1, 0.15) is 28.9 Å². The number of benzene rings is 1. The molecule has 0 aliphatic carbocycles. The molecule has 0 bridgehead atoms. The Kier molecular flexibility index (Phi) is 4.87. The van der Waals surface area contributed by atoms with Gasteiger partial charge in [0.2, 0.25) is 0 Å². The Hall–Kier alpha value is -2.05. The molecule has 2 fully saturated rings. The number of piperidine rings is 1. The molecule has 5 nitrogen and oxygen atoms in total. The average Bonchev–Trinajstić information content (AvgIpc) is 2.66. The predicted octanol–water partition coefficient (Wildman–Crippen LogP) is 2.70. The third-order valence-corrected chi connectivity index (χ3v) is 6.25. The van der Waals surface area contributed by atoms with Crippen LogP contribution in [0, 0.1) is 0 Å². The fourth-order valence-corrected chi connectivity index (χ4v) is 3.87. The van der Waals surface area contributed by atoms with E-state index in [-0.39, 0.29) is 5.91 Å². The lowest BCUT2D eigenvalue weighted by Gasteiger charge is -2.37. The fraction of sp³-hybridized carbons (Fsp3) is 0.400. The largest absolute Gasteiger partial charge is 0.489 e. The molecule has 2 aliphatic rings. The van der Waals surface area contributed by atoms with Gasteiger partial charge in [-0.15, -0.1) is 0 Å². The van der Waals surface area contributed by atoms with E-state index in [0.29, 0.717) is 43.3 Å². The second-order valence-electron chi connectivity index (χ2n) is 6.84. The molecule has 4 rings (SSSR count). The van der Waals surface area contributed by atoms with E-state index >= 15 is 0 Å².